The number of amides is 3. The first-order valence-electron chi connectivity index (χ1n) is 11.3. The minimum absolute atomic E-state index is 0.000134. The number of rotatable bonds is 6. The predicted octanol–water partition coefficient (Wildman–Crippen LogP) is 4.24. The number of fused-ring (bicyclic) bond motifs is 6. The Labute approximate surface area is 203 Å². The number of urea groups is 1. The number of likely N-dealkylation sites (N-methyl/N-ethyl adjacent to an activating group) is 1. The molecule has 1 saturated heterocycles. The molecule has 0 aliphatic carbocycles. The van der Waals surface area contributed by atoms with Gasteiger partial charge in [0.1, 0.15) is 0 Å². The molecule has 0 spiro atoms. The molecule has 1 atom stereocenters. The molecular weight excluding hydrogens is 442 g/mol. The fourth-order valence-electron chi connectivity index (χ4n) is 5.04. The molecule has 2 aliphatic heterocycles. The molecule has 2 bridgehead atoms. The van der Waals surface area contributed by atoms with Crippen LogP contribution in [0.2, 0.25) is 0 Å². The van der Waals surface area contributed by atoms with Crippen molar-refractivity contribution in [3.8, 4) is 0 Å². The summed E-state index contributed by atoms with van der Waals surface area (Å²) < 4.78 is 2.22. The standard InChI is InChI=1S/C27H27N5O3/c1-5-25(33)28-20-10-11-21-23(12-20)32(13-18-6-8-19(9-7-18)16(2)29-35)24-15-31-14-22(26(21)24)17(3)30(4)27(31)34/h5-12,22,29,35H,1-3,13-15H2,4H3,(H,28,33). The van der Waals surface area contributed by atoms with Crippen molar-refractivity contribution in [3.05, 3.63) is 96.4 Å². The molecule has 3 amide bonds. The first-order valence-corrected chi connectivity index (χ1v) is 11.3. The summed E-state index contributed by atoms with van der Waals surface area (Å²) in [6.45, 7) is 13.2. The van der Waals surface area contributed by atoms with Gasteiger partial charge in [-0.25, -0.2) is 4.79 Å². The monoisotopic (exact) mass is 469 g/mol. The maximum atomic E-state index is 12.9. The molecule has 0 saturated carbocycles. The Morgan fingerprint density at radius 2 is 1.97 bits per heavy atom. The summed E-state index contributed by atoms with van der Waals surface area (Å²) in [5, 5.41) is 13.1. The van der Waals surface area contributed by atoms with E-state index < -0.39 is 0 Å². The second kappa shape index (κ2) is 8.48. The molecule has 178 valence electrons. The topological polar surface area (TPSA) is 89.8 Å². The lowest BCUT2D eigenvalue weighted by Gasteiger charge is -2.44. The smallest absolute Gasteiger partial charge is 0.324 e. The van der Waals surface area contributed by atoms with E-state index in [2.05, 4.69) is 35.1 Å². The highest BCUT2D eigenvalue weighted by molar-refractivity contribution is 6.01. The lowest BCUT2D eigenvalue weighted by molar-refractivity contribution is -0.111. The van der Waals surface area contributed by atoms with E-state index in [9.17, 15) is 9.59 Å². The van der Waals surface area contributed by atoms with Crippen LogP contribution >= 0.6 is 0 Å². The third kappa shape index (κ3) is 3.68. The van der Waals surface area contributed by atoms with Gasteiger partial charge >= 0.3 is 6.03 Å². The molecule has 5 rings (SSSR count). The quantitative estimate of drug-likeness (QED) is 0.372. The van der Waals surface area contributed by atoms with Crippen LogP contribution in [0.15, 0.2) is 74.0 Å². The highest BCUT2D eigenvalue weighted by Crippen LogP contribution is 2.44. The van der Waals surface area contributed by atoms with E-state index in [-0.39, 0.29) is 17.9 Å². The number of nitrogens with one attached hydrogen (secondary N) is 2. The number of hydrogen-bond donors (Lipinski definition) is 3. The zero-order chi connectivity index (χ0) is 24.9. The normalized spacial score (nSPS) is 16.8. The highest BCUT2D eigenvalue weighted by atomic mass is 16.5. The number of carbonyl (C=O) groups is 2. The average Bonchev–Trinajstić information content (AvgIpc) is 3.18. The Balaban J connectivity index is 1.65. The number of anilines is 1. The van der Waals surface area contributed by atoms with E-state index >= 15 is 0 Å². The second-order valence-corrected chi connectivity index (χ2v) is 8.93. The number of nitrogens with zero attached hydrogens (tertiary/aromatic N) is 3. The largest absolute Gasteiger partial charge is 0.338 e. The van der Waals surface area contributed by atoms with Crippen molar-refractivity contribution in [1.29, 1.82) is 0 Å². The molecule has 35 heavy (non-hydrogen) atoms. The van der Waals surface area contributed by atoms with Gasteiger partial charge in [-0.1, -0.05) is 50.1 Å². The van der Waals surface area contributed by atoms with Crippen molar-refractivity contribution in [2.45, 2.75) is 19.0 Å². The summed E-state index contributed by atoms with van der Waals surface area (Å²) in [5.41, 5.74) is 9.02. The van der Waals surface area contributed by atoms with Crippen LogP contribution in [0.25, 0.3) is 16.6 Å². The van der Waals surface area contributed by atoms with Crippen LogP contribution in [0.5, 0.6) is 0 Å². The summed E-state index contributed by atoms with van der Waals surface area (Å²) in [6, 6.07) is 13.6. The van der Waals surface area contributed by atoms with Gasteiger partial charge < -0.3 is 19.7 Å². The fraction of sp³-hybridized carbons (Fsp3) is 0.185. The summed E-state index contributed by atoms with van der Waals surface area (Å²) in [6.07, 6.45) is 1.24. The van der Waals surface area contributed by atoms with Gasteiger partial charge in [0.25, 0.3) is 0 Å². The zero-order valence-corrected chi connectivity index (χ0v) is 19.5. The SMILES string of the molecule is C=CC(=O)Nc1ccc2c3c(n(Cc4ccc(C(=C)NO)cc4)c2c1)CN1CC3C(=C)N(C)C1=O. The first-order chi connectivity index (χ1) is 16.8. The highest BCUT2D eigenvalue weighted by Gasteiger charge is 2.41. The lowest BCUT2D eigenvalue weighted by Crippen LogP contribution is -2.51. The molecular formula is C27H27N5O3. The van der Waals surface area contributed by atoms with Crippen molar-refractivity contribution in [1.82, 2.24) is 19.8 Å². The summed E-state index contributed by atoms with van der Waals surface area (Å²) >= 11 is 0. The van der Waals surface area contributed by atoms with Crippen molar-refractivity contribution >= 4 is 34.2 Å². The maximum Gasteiger partial charge on any atom is 0.324 e. The summed E-state index contributed by atoms with van der Waals surface area (Å²) in [7, 11) is 1.77. The number of benzene rings is 2. The molecule has 3 heterocycles. The van der Waals surface area contributed by atoms with Crippen molar-refractivity contribution in [3.63, 3.8) is 0 Å². The Kier molecular flexibility index (Phi) is 5.45. The van der Waals surface area contributed by atoms with E-state index in [0.717, 1.165) is 33.4 Å². The van der Waals surface area contributed by atoms with Gasteiger partial charge in [0.05, 0.1) is 17.8 Å². The van der Waals surface area contributed by atoms with Crippen molar-refractivity contribution < 1.29 is 14.8 Å². The van der Waals surface area contributed by atoms with Gasteiger partial charge in [-0.05, 0) is 34.9 Å². The van der Waals surface area contributed by atoms with Gasteiger partial charge in [0, 0.05) is 48.5 Å². The number of carbonyl (C=O) groups excluding carboxylic acids is 2. The molecule has 3 aromatic rings. The van der Waals surface area contributed by atoms with Crippen molar-refractivity contribution in [2.75, 3.05) is 18.9 Å². The van der Waals surface area contributed by atoms with E-state index in [4.69, 9.17) is 5.21 Å². The zero-order valence-electron chi connectivity index (χ0n) is 19.5. The van der Waals surface area contributed by atoms with Gasteiger partial charge in [-0.2, -0.15) is 0 Å². The third-order valence-electron chi connectivity index (χ3n) is 6.93. The molecule has 1 aromatic heterocycles. The van der Waals surface area contributed by atoms with Crippen LogP contribution in [0, 0.1) is 0 Å². The van der Waals surface area contributed by atoms with Gasteiger partial charge in [0.15, 0.2) is 0 Å². The van der Waals surface area contributed by atoms with Crippen LogP contribution in [0.3, 0.4) is 0 Å². The molecule has 1 fully saturated rings. The van der Waals surface area contributed by atoms with Gasteiger partial charge in [-0.15, -0.1) is 0 Å². The van der Waals surface area contributed by atoms with E-state index in [1.54, 1.807) is 11.9 Å². The molecule has 8 heteroatoms. The first kappa shape index (κ1) is 22.5. The molecule has 2 aromatic carbocycles. The van der Waals surface area contributed by atoms with Crippen LogP contribution < -0.4 is 10.8 Å². The maximum absolute atomic E-state index is 12.9. The molecule has 3 N–H and O–H groups in total. The molecule has 8 nitrogen and oxygen atoms in total. The predicted molar refractivity (Wildman–Crippen MR) is 136 cm³/mol. The van der Waals surface area contributed by atoms with E-state index in [1.807, 2.05) is 47.4 Å². The lowest BCUT2D eigenvalue weighted by atomic mass is 9.87. The fourth-order valence-corrected chi connectivity index (χ4v) is 5.04. The Hall–Kier alpha value is -4.30. The van der Waals surface area contributed by atoms with Crippen LogP contribution in [-0.4, -0.2) is 45.1 Å². The summed E-state index contributed by atoms with van der Waals surface area (Å²) in [4.78, 5) is 28.3. The van der Waals surface area contributed by atoms with E-state index in [1.165, 1.54) is 11.6 Å². The number of aromatic nitrogens is 1. The molecule has 1 unspecified atom stereocenters. The average molecular weight is 470 g/mol. The molecule has 2 aliphatic rings. The van der Waals surface area contributed by atoms with Gasteiger partial charge in [0.2, 0.25) is 5.91 Å². The van der Waals surface area contributed by atoms with Crippen LogP contribution in [0.4, 0.5) is 10.5 Å². The number of hydroxylamine groups is 1. The van der Waals surface area contributed by atoms with Crippen LogP contribution in [0.1, 0.15) is 28.3 Å². The Morgan fingerprint density at radius 1 is 1.23 bits per heavy atom. The van der Waals surface area contributed by atoms with Crippen molar-refractivity contribution in [2.24, 2.45) is 0 Å². The van der Waals surface area contributed by atoms with E-state index in [0.29, 0.717) is 31.0 Å². The third-order valence-corrected chi connectivity index (χ3v) is 6.93. The number of hydrogen-bond acceptors (Lipinski definition) is 4. The van der Waals surface area contributed by atoms with Crippen LogP contribution in [-0.2, 0) is 17.9 Å². The summed E-state index contributed by atoms with van der Waals surface area (Å²) in [5.74, 6) is -0.275. The minimum atomic E-state index is -0.275. The van der Waals surface area contributed by atoms with Gasteiger partial charge in [-0.3, -0.25) is 15.5 Å². The second-order valence-electron chi connectivity index (χ2n) is 8.93. The molecule has 0 radical (unpaired) electrons. The Morgan fingerprint density at radius 3 is 2.66 bits per heavy atom. The minimum Gasteiger partial charge on any atom is -0.338 e. The Bertz CT molecular complexity index is 1400.